The van der Waals surface area contributed by atoms with Gasteiger partial charge in [0.25, 0.3) is 10.0 Å². The van der Waals surface area contributed by atoms with E-state index in [4.69, 9.17) is 0 Å². The van der Waals surface area contributed by atoms with E-state index in [1.807, 2.05) is 13.0 Å². The Bertz CT molecular complexity index is 761. The Morgan fingerprint density at radius 3 is 2.52 bits per heavy atom. The third-order valence-corrected chi connectivity index (χ3v) is 5.87. The molecule has 3 rings (SSSR count). The molecule has 0 aromatic heterocycles. The van der Waals surface area contributed by atoms with Gasteiger partial charge in [-0.3, -0.25) is 0 Å². The van der Waals surface area contributed by atoms with Gasteiger partial charge in [-0.1, -0.05) is 35.9 Å². The van der Waals surface area contributed by atoms with Gasteiger partial charge in [0.15, 0.2) is 0 Å². The highest BCUT2D eigenvalue weighted by Crippen LogP contribution is 2.40. The molecule has 0 amide bonds. The van der Waals surface area contributed by atoms with Gasteiger partial charge < -0.3 is 0 Å². The van der Waals surface area contributed by atoms with E-state index in [-0.39, 0.29) is 10.3 Å². The van der Waals surface area contributed by atoms with Gasteiger partial charge in [-0.05, 0) is 62.7 Å². The molecular weight excluding hydrogens is 308 g/mol. The van der Waals surface area contributed by atoms with Crippen molar-refractivity contribution in [3.63, 3.8) is 0 Å². The number of allylic oxidation sites excluding steroid dienone is 4. The molecule has 0 heterocycles. The van der Waals surface area contributed by atoms with E-state index >= 15 is 0 Å². The van der Waals surface area contributed by atoms with Crippen LogP contribution in [-0.2, 0) is 10.0 Å². The zero-order valence-electron chi connectivity index (χ0n) is 13.3. The van der Waals surface area contributed by atoms with Crippen LogP contribution in [0.15, 0.2) is 58.6 Å². The van der Waals surface area contributed by atoms with E-state index in [0.29, 0.717) is 0 Å². The first kappa shape index (κ1) is 16.0. The summed E-state index contributed by atoms with van der Waals surface area (Å²) in [4.78, 5) is 2.59. The molecule has 1 aromatic rings. The number of benzene rings is 1. The molecule has 0 fully saturated rings. The highest BCUT2D eigenvalue weighted by molar-refractivity contribution is 7.89. The highest BCUT2D eigenvalue weighted by Gasteiger charge is 2.29. The van der Waals surface area contributed by atoms with Gasteiger partial charge in [-0.2, -0.15) is 18.4 Å². The summed E-state index contributed by atoms with van der Waals surface area (Å²) in [5, 5.41) is 4.11. The van der Waals surface area contributed by atoms with Crippen LogP contribution in [0.25, 0.3) is 0 Å². The Balaban J connectivity index is 1.70. The maximum absolute atomic E-state index is 12.2. The minimum atomic E-state index is -3.59. The number of hydrogen-bond acceptors (Lipinski definition) is 3. The molecule has 2 aliphatic rings. The van der Waals surface area contributed by atoms with Crippen molar-refractivity contribution in [2.24, 2.45) is 10.5 Å². The van der Waals surface area contributed by atoms with Crippen molar-refractivity contribution in [3.05, 3.63) is 54.1 Å². The molecule has 1 spiro atoms. The Hall–Kier alpha value is -1.88. The fraction of sp³-hybridized carbons (Fsp3) is 0.389. The van der Waals surface area contributed by atoms with Gasteiger partial charge >= 0.3 is 0 Å². The first-order chi connectivity index (χ1) is 11.0. The number of aryl methyl sites for hydroxylation is 1. The molecule has 0 saturated carbocycles. The zero-order valence-corrected chi connectivity index (χ0v) is 14.1. The van der Waals surface area contributed by atoms with Crippen molar-refractivity contribution in [1.82, 2.24) is 4.83 Å². The molecule has 23 heavy (non-hydrogen) atoms. The van der Waals surface area contributed by atoms with Crippen molar-refractivity contribution in [2.45, 2.75) is 43.9 Å². The summed E-state index contributed by atoms with van der Waals surface area (Å²) in [5.74, 6) is 0. The topological polar surface area (TPSA) is 58.5 Å². The Kier molecular flexibility index (Phi) is 4.39. The summed E-state index contributed by atoms with van der Waals surface area (Å²) in [6.07, 6.45) is 13.9. The molecule has 1 atom stereocenters. The van der Waals surface area contributed by atoms with Gasteiger partial charge in [-0.15, -0.1) is 0 Å². The fourth-order valence-electron chi connectivity index (χ4n) is 3.09. The molecule has 0 bridgehead atoms. The van der Waals surface area contributed by atoms with Crippen molar-refractivity contribution in [1.29, 1.82) is 0 Å². The molecule has 0 saturated heterocycles. The number of rotatable bonds is 3. The normalized spacial score (nSPS) is 25.9. The second-order valence-electron chi connectivity index (χ2n) is 6.42. The first-order valence-electron chi connectivity index (χ1n) is 7.98. The predicted octanol–water partition coefficient (Wildman–Crippen LogP) is 3.71. The van der Waals surface area contributed by atoms with E-state index in [9.17, 15) is 8.42 Å². The summed E-state index contributed by atoms with van der Waals surface area (Å²) < 4.78 is 24.5. The van der Waals surface area contributed by atoms with Crippen LogP contribution in [0.5, 0.6) is 0 Å². The average Bonchev–Trinajstić information content (AvgIpc) is 2.56. The third-order valence-electron chi connectivity index (χ3n) is 4.65. The van der Waals surface area contributed by atoms with Crippen LogP contribution in [-0.4, -0.2) is 14.1 Å². The van der Waals surface area contributed by atoms with E-state index in [0.717, 1.165) is 37.0 Å². The largest absolute Gasteiger partial charge is 0.276 e. The molecule has 1 aromatic carbocycles. The minimum Gasteiger partial charge on any atom is -0.200 e. The monoisotopic (exact) mass is 330 g/mol. The summed E-state index contributed by atoms with van der Waals surface area (Å²) in [7, 11) is -3.59. The van der Waals surface area contributed by atoms with E-state index in [1.165, 1.54) is 6.42 Å². The van der Waals surface area contributed by atoms with E-state index in [1.54, 1.807) is 24.3 Å². The summed E-state index contributed by atoms with van der Waals surface area (Å²) in [5.41, 5.74) is 2.07. The summed E-state index contributed by atoms with van der Waals surface area (Å²) in [6.45, 7) is 1.92. The first-order valence-corrected chi connectivity index (χ1v) is 9.47. The van der Waals surface area contributed by atoms with Gasteiger partial charge in [-0.25, -0.2) is 0 Å². The lowest BCUT2D eigenvalue weighted by Crippen LogP contribution is -2.26. The average molecular weight is 330 g/mol. The molecule has 1 N–H and O–H groups in total. The standard InChI is InChI=1S/C18H22N2O2S/c1-15-5-7-17(8-6-15)23(21,22)20-19-16-9-13-18(14-10-16)11-3-2-4-12-18/h2-3,5-9,13,20H,4,10-12,14H2,1H3/b19-16-/t18-/m0/s1. The Morgan fingerprint density at radius 1 is 1.13 bits per heavy atom. The fourth-order valence-corrected chi connectivity index (χ4v) is 3.92. The highest BCUT2D eigenvalue weighted by atomic mass is 32.2. The minimum absolute atomic E-state index is 0.237. The van der Waals surface area contributed by atoms with Gasteiger partial charge in [0, 0.05) is 0 Å². The van der Waals surface area contributed by atoms with Crippen LogP contribution in [0.1, 0.15) is 37.7 Å². The molecule has 122 valence electrons. The number of hydrazone groups is 1. The van der Waals surface area contributed by atoms with Crippen molar-refractivity contribution < 1.29 is 8.42 Å². The Labute approximate surface area is 138 Å². The van der Waals surface area contributed by atoms with Crippen LogP contribution in [0.2, 0.25) is 0 Å². The van der Waals surface area contributed by atoms with Crippen LogP contribution in [0.3, 0.4) is 0 Å². The summed E-state index contributed by atoms with van der Waals surface area (Å²) >= 11 is 0. The lowest BCUT2D eigenvalue weighted by atomic mass is 9.71. The second-order valence-corrected chi connectivity index (χ2v) is 8.08. The lowest BCUT2D eigenvalue weighted by Gasteiger charge is -2.34. The molecule has 5 heteroatoms. The second kappa shape index (κ2) is 6.32. The molecule has 2 aliphatic carbocycles. The molecule has 0 radical (unpaired) electrons. The number of nitrogens with zero attached hydrogens (tertiary/aromatic N) is 1. The SMILES string of the molecule is Cc1ccc(S(=O)(=O)N/N=C2/C=C[C@@]3(CC=CCC3)CC2)cc1. The predicted molar refractivity (Wildman–Crippen MR) is 92.7 cm³/mol. The zero-order chi connectivity index (χ0) is 16.3. The van der Waals surface area contributed by atoms with Crippen molar-refractivity contribution in [3.8, 4) is 0 Å². The van der Waals surface area contributed by atoms with Crippen LogP contribution in [0.4, 0.5) is 0 Å². The molecule has 0 aliphatic heterocycles. The van der Waals surface area contributed by atoms with Gasteiger partial charge in [0.05, 0.1) is 10.6 Å². The smallest absolute Gasteiger partial charge is 0.200 e. The van der Waals surface area contributed by atoms with Gasteiger partial charge in [0.1, 0.15) is 0 Å². The van der Waals surface area contributed by atoms with Crippen LogP contribution < -0.4 is 4.83 Å². The molecule has 4 nitrogen and oxygen atoms in total. The third kappa shape index (κ3) is 3.72. The van der Waals surface area contributed by atoms with Crippen LogP contribution >= 0.6 is 0 Å². The van der Waals surface area contributed by atoms with Gasteiger partial charge in [0.2, 0.25) is 0 Å². The maximum Gasteiger partial charge on any atom is 0.276 e. The van der Waals surface area contributed by atoms with Crippen LogP contribution in [0, 0.1) is 12.3 Å². The molecular formula is C18H22N2O2S. The Morgan fingerprint density at radius 2 is 1.91 bits per heavy atom. The van der Waals surface area contributed by atoms with Crippen molar-refractivity contribution >= 4 is 15.7 Å². The number of hydrogen-bond donors (Lipinski definition) is 1. The number of sulfonamides is 1. The maximum atomic E-state index is 12.2. The lowest BCUT2D eigenvalue weighted by molar-refractivity contribution is 0.319. The number of nitrogens with one attached hydrogen (secondary N) is 1. The van der Waals surface area contributed by atoms with E-state index < -0.39 is 10.0 Å². The summed E-state index contributed by atoms with van der Waals surface area (Å²) in [6, 6.07) is 6.75. The molecule has 0 unspecified atom stereocenters. The van der Waals surface area contributed by atoms with Crippen molar-refractivity contribution in [2.75, 3.05) is 0 Å². The quantitative estimate of drug-likeness (QED) is 0.678. The van der Waals surface area contributed by atoms with E-state index in [2.05, 4.69) is 28.2 Å².